The van der Waals surface area contributed by atoms with E-state index in [1.54, 1.807) is 24.3 Å². The number of rotatable bonds is 8. The largest absolute Gasteiger partial charge is 0.483 e. The predicted molar refractivity (Wildman–Crippen MR) is 81.6 cm³/mol. The van der Waals surface area contributed by atoms with Crippen molar-refractivity contribution in [3.8, 4) is 5.75 Å². The Bertz CT molecular complexity index is 489. The van der Waals surface area contributed by atoms with Crippen molar-refractivity contribution in [1.82, 2.24) is 5.32 Å². The zero-order valence-corrected chi connectivity index (χ0v) is 12.5. The standard InChI is InChI=1S/C15H23N3O3/c1-3-7-11(4-2)17-14(19)10-21-13-9-6-5-8-12(13)15(16)18-20/h5-6,8-9,11,20H,3-4,7,10H2,1-2H3,(H2,16,18)(H,17,19). The highest BCUT2D eigenvalue weighted by molar-refractivity contribution is 5.99. The Morgan fingerprint density at radius 2 is 2.14 bits per heavy atom. The number of nitrogens with one attached hydrogen (secondary N) is 1. The zero-order chi connectivity index (χ0) is 15.7. The number of para-hydroxylation sites is 1. The van der Waals surface area contributed by atoms with Crippen LogP contribution >= 0.6 is 0 Å². The summed E-state index contributed by atoms with van der Waals surface area (Å²) in [4.78, 5) is 11.9. The Morgan fingerprint density at radius 3 is 2.76 bits per heavy atom. The first-order valence-electron chi connectivity index (χ1n) is 7.11. The van der Waals surface area contributed by atoms with Gasteiger partial charge in [-0.05, 0) is 25.0 Å². The second-order valence-corrected chi connectivity index (χ2v) is 4.73. The van der Waals surface area contributed by atoms with E-state index in [0.717, 1.165) is 19.3 Å². The molecule has 0 aliphatic heterocycles. The Morgan fingerprint density at radius 1 is 1.43 bits per heavy atom. The molecule has 1 aromatic rings. The van der Waals surface area contributed by atoms with Crippen LogP contribution in [0.4, 0.5) is 0 Å². The van der Waals surface area contributed by atoms with Crippen LogP contribution in [0, 0.1) is 0 Å². The van der Waals surface area contributed by atoms with Crippen LogP contribution in [0.5, 0.6) is 5.75 Å². The number of ether oxygens (including phenoxy) is 1. The third-order valence-electron chi connectivity index (χ3n) is 3.12. The number of hydrogen-bond acceptors (Lipinski definition) is 4. The molecule has 116 valence electrons. The van der Waals surface area contributed by atoms with E-state index in [2.05, 4.69) is 17.4 Å². The third-order valence-corrected chi connectivity index (χ3v) is 3.12. The minimum atomic E-state index is -0.176. The second kappa shape index (κ2) is 8.84. The molecular formula is C15H23N3O3. The molecule has 1 aromatic carbocycles. The van der Waals surface area contributed by atoms with Crippen LogP contribution in [0.3, 0.4) is 0 Å². The van der Waals surface area contributed by atoms with Gasteiger partial charge in [0.1, 0.15) is 5.75 Å². The van der Waals surface area contributed by atoms with Gasteiger partial charge in [-0.15, -0.1) is 0 Å². The van der Waals surface area contributed by atoms with Crippen molar-refractivity contribution < 1.29 is 14.7 Å². The Labute approximate surface area is 125 Å². The van der Waals surface area contributed by atoms with E-state index in [-0.39, 0.29) is 24.4 Å². The van der Waals surface area contributed by atoms with Crippen molar-refractivity contribution in [2.45, 2.75) is 39.2 Å². The molecule has 0 fully saturated rings. The molecule has 0 aliphatic carbocycles. The van der Waals surface area contributed by atoms with E-state index < -0.39 is 0 Å². The highest BCUT2D eigenvalue weighted by Crippen LogP contribution is 2.17. The first kappa shape index (κ1) is 16.8. The normalized spacial score (nSPS) is 12.8. The molecule has 1 unspecified atom stereocenters. The van der Waals surface area contributed by atoms with Gasteiger partial charge in [-0.3, -0.25) is 4.79 Å². The summed E-state index contributed by atoms with van der Waals surface area (Å²) < 4.78 is 5.46. The van der Waals surface area contributed by atoms with Gasteiger partial charge in [0.2, 0.25) is 0 Å². The molecular weight excluding hydrogens is 270 g/mol. The van der Waals surface area contributed by atoms with Crippen LogP contribution in [0.15, 0.2) is 29.4 Å². The maximum Gasteiger partial charge on any atom is 0.258 e. The van der Waals surface area contributed by atoms with Crippen molar-refractivity contribution >= 4 is 11.7 Å². The number of carbonyl (C=O) groups is 1. The molecule has 0 aliphatic rings. The Kier molecular flexibility index (Phi) is 7.08. The summed E-state index contributed by atoms with van der Waals surface area (Å²) in [7, 11) is 0. The fourth-order valence-corrected chi connectivity index (χ4v) is 2.00. The summed E-state index contributed by atoms with van der Waals surface area (Å²) in [5.41, 5.74) is 6.01. The molecule has 6 nitrogen and oxygen atoms in total. The van der Waals surface area contributed by atoms with Gasteiger partial charge < -0.3 is 21.0 Å². The molecule has 0 spiro atoms. The smallest absolute Gasteiger partial charge is 0.258 e. The predicted octanol–water partition coefficient (Wildman–Crippen LogP) is 1.85. The van der Waals surface area contributed by atoms with Gasteiger partial charge in [0.05, 0.1) is 5.56 Å². The van der Waals surface area contributed by atoms with Crippen LogP contribution in [-0.4, -0.2) is 29.6 Å². The summed E-state index contributed by atoms with van der Waals surface area (Å²) in [5.74, 6) is 0.180. The summed E-state index contributed by atoms with van der Waals surface area (Å²) in [6, 6.07) is 7.01. The molecule has 4 N–H and O–H groups in total. The lowest BCUT2D eigenvalue weighted by atomic mass is 10.1. The van der Waals surface area contributed by atoms with Crippen molar-refractivity contribution in [3.05, 3.63) is 29.8 Å². The van der Waals surface area contributed by atoms with E-state index in [0.29, 0.717) is 11.3 Å². The van der Waals surface area contributed by atoms with Crippen molar-refractivity contribution in [1.29, 1.82) is 0 Å². The molecule has 6 heteroatoms. The van der Waals surface area contributed by atoms with E-state index in [4.69, 9.17) is 15.7 Å². The zero-order valence-electron chi connectivity index (χ0n) is 12.5. The lowest BCUT2D eigenvalue weighted by Crippen LogP contribution is -2.37. The number of nitrogens with zero attached hydrogens (tertiary/aromatic N) is 1. The lowest BCUT2D eigenvalue weighted by molar-refractivity contribution is -0.123. The fraction of sp³-hybridized carbons (Fsp3) is 0.467. The van der Waals surface area contributed by atoms with E-state index in [9.17, 15) is 4.79 Å². The number of hydrogen-bond donors (Lipinski definition) is 3. The topological polar surface area (TPSA) is 96.9 Å². The molecule has 21 heavy (non-hydrogen) atoms. The molecule has 0 aromatic heterocycles. The third kappa shape index (κ3) is 5.33. The van der Waals surface area contributed by atoms with Crippen LogP contribution in [0.25, 0.3) is 0 Å². The molecule has 0 bridgehead atoms. The van der Waals surface area contributed by atoms with Gasteiger partial charge in [0.15, 0.2) is 12.4 Å². The van der Waals surface area contributed by atoms with Gasteiger partial charge in [-0.2, -0.15) is 0 Å². The van der Waals surface area contributed by atoms with Gasteiger partial charge >= 0.3 is 0 Å². The Hall–Kier alpha value is -2.24. The fourth-order valence-electron chi connectivity index (χ4n) is 2.00. The summed E-state index contributed by atoms with van der Waals surface area (Å²) in [6.45, 7) is 4.02. The van der Waals surface area contributed by atoms with Gasteiger partial charge in [-0.25, -0.2) is 0 Å². The first-order valence-corrected chi connectivity index (χ1v) is 7.11. The van der Waals surface area contributed by atoms with Crippen LogP contribution < -0.4 is 15.8 Å². The van der Waals surface area contributed by atoms with E-state index >= 15 is 0 Å². The van der Waals surface area contributed by atoms with Crippen molar-refractivity contribution in [2.24, 2.45) is 10.9 Å². The average molecular weight is 293 g/mol. The summed E-state index contributed by atoms with van der Waals surface area (Å²) in [6.07, 6.45) is 2.86. The molecule has 1 rings (SSSR count). The first-order chi connectivity index (χ1) is 10.1. The summed E-state index contributed by atoms with van der Waals surface area (Å²) >= 11 is 0. The SMILES string of the molecule is CCCC(CC)NC(=O)COc1ccccc1C(N)=NO. The highest BCUT2D eigenvalue weighted by atomic mass is 16.5. The van der Waals surface area contributed by atoms with Gasteiger partial charge in [0.25, 0.3) is 5.91 Å². The molecule has 0 heterocycles. The maximum absolute atomic E-state index is 11.9. The minimum Gasteiger partial charge on any atom is -0.483 e. The minimum absolute atomic E-state index is 0.0524. The summed E-state index contributed by atoms with van der Waals surface area (Å²) in [5, 5.41) is 14.6. The van der Waals surface area contributed by atoms with Crippen molar-refractivity contribution in [2.75, 3.05) is 6.61 Å². The number of nitrogens with two attached hydrogens (primary N) is 1. The van der Waals surface area contributed by atoms with E-state index in [1.165, 1.54) is 0 Å². The van der Waals surface area contributed by atoms with Crippen LogP contribution in [-0.2, 0) is 4.79 Å². The number of oxime groups is 1. The van der Waals surface area contributed by atoms with Crippen molar-refractivity contribution in [3.63, 3.8) is 0 Å². The molecule has 1 amide bonds. The van der Waals surface area contributed by atoms with Crippen LogP contribution in [0.2, 0.25) is 0 Å². The lowest BCUT2D eigenvalue weighted by Gasteiger charge is -2.16. The monoisotopic (exact) mass is 293 g/mol. The van der Waals surface area contributed by atoms with E-state index in [1.807, 2.05) is 6.92 Å². The Balaban J connectivity index is 2.61. The average Bonchev–Trinajstić information content (AvgIpc) is 2.52. The highest BCUT2D eigenvalue weighted by Gasteiger charge is 2.12. The van der Waals surface area contributed by atoms with Gasteiger partial charge in [-0.1, -0.05) is 37.6 Å². The molecule has 0 radical (unpaired) electrons. The molecule has 1 atom stereocenters. The quantitative estimate of drug-likeness (QED) is 0.295. The van der Waals surface area contributed by atoms with Gasteiger partial charge in [0, 0.05) is 6.04 Å². The van der Waals surface area contributed by atoms with Crippen LogP contribution in [0.1, 0.15) is 38.7 Å². The number of amides is 1. The number of benzene rings is 1. The molecule has 0 saturated carbocycles. The number of carbonyl (C=O) groups excluding carboxylic acids is 1. The maximum atomic E-state index is 11.9. The molecule has 0 saturated heterocycles. The second-order valence-electron chi connectivity index (χ2n) is 4.73. The number of amidine groups is 1.